The van der Waals surface area contributed by atoms with Gasteiger partial charge < -0.3 is 4.90 Å². The molecule has 27 heavy (non-hydrogen) atoms. The largest absolute Gasteiger partial charge is 0.339 e. The van der Waals surface area contributed by atoms with E-state index in [1.807, 2.05) is 37.3 Å². The maximum Gasteiger partial charge on any atom is 0.246 e. The minimum Gasteiger partial charge on any atom is -0.339 e. The molecule has 0 spiro atoms. The molecule has 0 aromatic heterocycles. The Kier molecular flexibility index (Phi) is 6.08. The van der Waals surface area contributed by atoms with Crippen molar-refractivity contribution in [3.05, 3.63) is 72.3 Å². The van der Waals surface area contributed by atoms with Gasteiger partial charge >= 0.3 is 0 Å². The lowest BCUT2D eigenvalue weighted by molar-refractivity contribution is -0.127. The molecule has 1 aliphatic rings. The van der Waals surface area contributed by atoms with E-state index in [1.54, 1.807) is 41.3 Å². The Morgan fingerprint density at radius 3 is 2.15 bits per heavy atom. The number of carbonyl (C=O) groups is 1. The summed E-state index contributed by atoms with van der Waals surface area (Å²) in [4.78, 5) is 14.6. The first-order chi connectivity index (χ1) is 13.0. The SMILES string of the molecule is C/C(=C\C(=O)N1CCC(NS(=O)(=O)c2ccccc2)CC1)c1ccccc1. The van der Waals surface area contributed by atoms with Crippen LogP contribution in [-0.4, -0.2) is 38.4 Å². The van der Waals surface area contributed by atoms with E-state index in [9.17, 15) is 13.2 Å². The van der Waals surface area contributed by atoms with Gasteiger partial charge in [0.15, 0.2) is 0 Å². The number of rotatable bonds is 5. The normalized spacial score (nSPS) is 16.3. The molecule has 5 nitrogen and oxygen atoms in total. The molecule has 1 heterocycles. The summed E-state index contributed by atoms with van der Waals surface area (Å²) < 4.78 is 27.6. The van der Waals surface area contributed by atoms with Crippen molar-refractivity contribution in [1.29, 1.82) is 0 Å². The lowest BCUT2D eigenvalue weighted by atomic mass is 10.0. The van der Waals surface area contributed by atoms with E-state index >= 15 is 0 Å². The highest BCUT2D eigenvalue weighted by atomic mass is 32.2. The molecule has 1 amide bonds. The average Bonchev–Trinajstić information content (AvgIpc) is 2.69. The molecule has 0 radical (unpaired) electrons. The van der Waals surface area contributed by atoms with Gasteiger partial charge in [-0.3, -0.25) is 4.79 Å². The molecule has 0 unspecified atom stereocenters. The first kappa shape index (κ1) is 19.3. The summed E-state index contributed by atoms with van der Waals surface area (Å²) >= 11 is 0. The van der Waals surface area contributed by atoms with Gasteiger partial charge in [0.1, 0.15) is 0 Å². The molecule has 0 atom stereocenters. The molecule has 2 aromatic rings. The van der Waals surface area contributed by atoms with Crippen molar-refractivity contribution in [3.8, 4) is 0 Å². The van der Waals surface area contributed by atoms with E-state index in [-0.39, 0.29) is 16.8 Å². The van der Waals surface area contributed by atoms with Crippen molar-refractivity contribution in [1.82, 2.24) is 9.62 Å². The lowest BCUT2D eigenvalue weighted by Gasteiger charge is -2.31. The molecular formula is C21H24N2O3S. The second kappa shape index (κ2) is 8.50. The Bertz CT molecular complexity index is 901. The van der Waals surface area contributed by atoms with Gasteiger partial charge in [-0.25, -0.2) is 13.1 Å². The van der Waals surface area contributed by atoms with Crippen molar-refractivity contribution >= 4 is 21.5 Å². The van der Waals surface area contributed by atoms with Crippen molar-refractivity contribution in [2.24, 2.45) is 0 Å². The van der Waals surface area contributed by atoms with Crippen LogP contribution in [0.25, 0.3) is 5.57 Å². The summed E-state index contributed by atoms with van der Waals surface area (Å²) in [6, 6.07) is 18.0. The lowest BCUT2D eigenvalue weighted by Crippen LogP contribution is -2.46. The molecule has 1 fully saturated rings. The van der Waals surface area contributed by atoms with Crippen LogP contribution in [0.3, 0.4) is 0 Å². The molecule has 3 rings (SSSR count). The summed E-state index contributed by atoms with van der Waals surface area (Å²) in [5.74, 6) is -0.0271. The third-order valence-corrected chi connectivity index (χ3v) is 6.29. The predicted octanol–water partition coefficient (Wildman–Crippen LogP) is 3.06. The van der Waals surface area contributed by atoms with Crippen LogP contribution in [0.15, 0.2) is 71.6 Å². The van der Waals surface area contributed by atoms with Crippen LogP contribution in [0.4, 0.5) is 0 Å². The number of hydrogen-bond donors (Lipinski definition) is 1. The van der Waals surface area contributed by atoms with Crippen LogP contribution >= 0.6 is 0 Å². The topological polar surface area (TPSA) is 66.5 Å². The van der Waals surface area contributed by atoms with Crippen LogP contribution in [-0.2, 0) is 14.8 Å². The monoisotopic (exact) mass is 384 g/mol. The molecule has 1 N–H and O–H groups in total. The van der Waals surface area contributed by atoms with Gasteiger partial charge in [0.2, 0.25) is 15.9 Å². The van der Waals surface area contributed by atoms with E-state index in [4.69, 9.17) is 0 Å². The number of allylic oxidation sites excluding steroid dienone is 1. The molecule has 0 aliphatic carbocycles. The van der Waals surface area contributed by atoms with E-state index in [0.29, 0.717) is 25.9 Å². The maximum atomic E-state index is 12.5. The fourth-order valence-electron chi connectivity index (χ4n) is 3.17. The molecule has 2 aromatic carbocycles. The predicted molar refractivity (Wildman–Crippen MR) is 106 cm³/mol. The molecule has 6 heteroatoms. The second-order valence-electron chi connectivity index (χ2n) is 6.73. The van der Waals surface area contributed by atoms with E-state index in [1.165, 1.54) is 0 Å². The summed E-state index contributed by atoms with van der Waals surface area (Å²) in [6.07, 6.45) is 2.87. The number of carbonyl (C=O) groups excluding carboxylic acids is 1. The van der Waals surface area contributed by atoms with Gasteiger partial charge in [-0.2, -0.15) is 0 Å². The maximum absolute atomic E-state index is 12.5. The third-order valence-electron chi connectivity index (χ3n) is 4.75. The Morgan fingerprint density at radius 2 is 1.56 bits per heavy atom. The number of nitrogens with zero attached hydrogens (tertiary/aromatic N) is 1. The van der Waals surface area contributed by atoms with Gasteiger partial charge in [-0.1, -0.05) is 48.5 Å². The Morgan fingerprint density at radius 1 is 1.00 bits per heavy atom. The number of hydrogen-bond acceptors (Lipinski definition) is 3. The minimum absolute atomic E-state index is 0.0271. The van der Waals surface area contributed by atoms with Crippen molar-refractivity contribution in [2.75, 3.05) is 13.1 Å². The summed E-state index contributed by atoms with van der Waals surface area (Å²) in [5, 5.41) is 0. The van der Waals surface area contributed by atoms with Crippen LogP contribution in [0.2, 0.25) is 0 Å². The van der Waals surface area contributed by atoms with Crippen molar-refractivity contribution in [2.45, 2.75) is 30.7 Å². The number of benzene rings is 2. The quantitative estimate of drug-likeness (QED) is 0.806. The molecule has 1 aliphatic heterocycles. The smallest absolute Gasteiger partial charge is 0.246 e. The molecular weight excluding hydrogens is 360 g/mol. The Balaban J connectivity index is 1.56. The number of amides is 1. The summed E-state index contributed by atoms with van der Waals surface area (Å²) in [5.41, 5.74) is 1.95. The van der Waals surface area contributed by atoms with Crippen LogP contribution in [0.1, 0.15) is 25.3 Å². The Hall–Kier alpha value is -2.44. The average molecular weight is 385 g/mol. The number of sulfonamides is 1. The van der Waals surface area contributed by atoms with Crippen LogP contribution < -0.4 is 4.72 Å². The Labute approximate surface area is 160 Å². The highest BCUT2D eigenvalue weighted by Gasteiger charge is 2.26. The van der Waals surface area contributed by atoms with Gasteiger partial charge in [0.25, 0.3) is 0 Å². The first-order valence-corrected chi connectivity index (χ1v) is 10.5. The molecule has 1 saturated heterocycles. The molecule has 0 saturated carbocycles. The number of nitrogens with one attached hydrogen (secondary N) is 1. The van der Waals surface area contributed by atoms with Crippen LogP contribution in [0.5, 0.6) is 0 Å². The fraction of sp³-hybridized carbons (Fsp3) is 0.286. The summed E-state index contributed by atoms with van der Waals surface area (Å²) in [7, 11) is -3.52. The van der Waals surface area contributed by atoms with Gasteiger partial charge in [0.05, 0.1) is 4.90 Å². The fourth-order valence-corrected chi connectivity index (χ4v) is 4.49. The zero-order chi connectivity index (χ0) is 19.3. The standard InChI is InChI=1S/C21H24N2O3S/c1-17(18-8-4-2-5-9-18)16-21(24)23-14-12-19(13-15-23)22-27(25,26)20-10-6-3-7-11-20/h2-11,16,19,22H,12-15H2,1H3/b17-16+. The third kappa shape index (κ3) is 5.05. The zero-order valence-corrected chi connectivity index (χ0v) is 16.2. The first-order valence-electron chi connectivity index (χ1n) is 9.06. The summed E-state index contributed by atoms with van der Waals surface area (Å²) in [6.45, 7) is 3.01. The van der Waals surface area contributed by atoms with Crippen molar-refractivity contribution < 1.29 is 13.2 Å². The second-order valence-corrected chi connectivity index (χ2v) is 8.44. The highest BCUT2D eigenvalue weighted by molar-refractivity contribution is 7.89. The number of piperidine rings is 1. The molecule has 142 valence electrons. The van der Waals surface area contributed by atoms with E-state index in [0.717, 1.165) is 11.1 Å². The zero-order valence-electron chi connectivity index (χ0n) is 15.3. The van der Waals surface area contributed by atoms with Gasteiger partial charge in [0, 0.05) is 25.2 Å². The molecule has 0 bridgehead atoms. The number of likely N-dealkylation sites (tertiary alicyclic amines) is 1. The van der Waals surface area contributed by atoms with Crippen molar-refractivity contribution in [3.63, 3.8) is 0 Å². The van der Waals surface area contributed by atoms with E-state index in [2.05, 4.69) is 4.72 Å². The minimum atomic E-state index is -3.52. The van der Waals surface area contributed by atoms with Crippen LogP contribution in [0, 0.1) is 0 Å². The van der Waals surface area contributed by atoms with Gasteiger partial charge in [-0.15, -0.1) is 0 Å². The van der Waals surface area contributed by atoms with Gasteiger partial charge in [-0.05, 0) is 43.0 Å². The van der Waals surface area contributed by atoms with E-state index < -0.39 is 10.0 Å². The highest BCUT2D eigenvalue weighted by Crippen LogP contribution is 2.17.